The number of dihydropyridines is 1. The SMILES string of the molecule is O=C(Cc1cccs1)Nc1n[nH]c(C2C=CC=CN2)n1. The van der Waals surface area contributed by atoms with Gasteiger partial charge in [0.2, 0.25) is 11.9 Å². The number of carbonyl (C=O) groups is 1. The van der Waals surface area contributed by atoms with E-state index in [0.717, 1.165) is 4.88 Å². The van der Waals surface area contributed by atoms with Crippen molar-refractivity contribution in [3.05, 3.63) is 52.6 Å². The molecule has 3 heterocycles. The number of nitrogens with zero attached hydrogens (tertiary/aromatic N) is 2. The van der Waals surface area contributed by atoms with Gasteiger partial charge in [-0.25, -0.2) is 0 Å². The number of allylic oxidation sites excluding steroid dienone is 2. The van der Waals surface area contributed by atoms with Gasteiger partial charge >= 0.3 is 0 Å². The van der Waals surface area contributed by atoms with Crippen molar-refractivity contribution >= 4 is 23.2 Å². The molecule has 0 fully saturated rings. The second kappa shape index (κ2) is 5.70. The summed E-state index contributed by atoms with van der Waals surface area (Å²) in [5.74, 6) is 0.841. The smallest absolute Gasteiger partial charge is 0.248 e. The summed E-state index contributed by atoms with van der Waals surface area (Å²) in [5.41, 5.74) is 0. The topological polar surface area (TPSA) is 82.7 Å². The molecule has 0 saturated heterocycles. The monoisotopic (exact) mass is 287 g/mol. The number of hydrogen-bond donors (Lipinski definition) is 3. The predicted molar refractivity (Wildman–Crippen MR) is 77.2 cm³/mol. The summed E-state index contributed by atoms with van der Waals surface area (Å²) < 4.78 is 0. The van der Waals surface area contributed by atoms with Crippen molar-refractivity contribution in [2.24, 2.45) is 0 Å². The van der Waals surface area contributed by atoms with Crippen molar-refractivity contribution in [1.82, 2.24) is 20.5 Å². The fourth-order valence-electron chi connectivity index (χ4n) is 1.83. The highest BCUT2D eigenvalue weighted by atomic mass is 32.1. The Labute approximate surface area is 119 Å². The molecule has 1 aliphatic heterocycles. The molecular formula is C13H13N5OS. The summed E-state index contributed by atoms with van der Waals surface area (Å²) in [7, 11) is 0. The minimum absolute atomic E-state index is 0.0459. The quantitative estimate of drug-likeness (QED) is 0.800. The third kappa shape index (κ3) is 2.94. The van der Waals surface area contributed by atoms with Gasteiger partial charge in [0, 0.05) is 4.88 Å². The molecule has 0 radical (unpaired) electrons. The Kier molecular flexibility index (Phi) is 3.60. The molecule has 1 aliphatic rings. The van der Waals surface area contributed by atoms with Crippen LogP contribution in [-0.4, -0.2) is 21.1 Å². The molecule has 1 atom stereocenters. The maximum absolute atomic E-state index is 11.8. The van der Waals surface area contributed by atoms with Crippen LogP contribution in [0.5, 0.6) is 0 Å². The zero-order chi connectivity index (χ0) is 13.8. The van der Waals surface area contributed by atoms with Crippen LogP contribution in [0.1, 0.15) is 16.7 Å². The molecule has 0 spiro atoms. The molecule has 0 aromatic carbocycles. The van der Waals surface area contributed by atoms with Crippen molar-refractivity contribution in [2.75, 3.05) is 5.32 Å². The van der Waals surface area contributed by atoms with E-state index >= 15 is 0 Å². The molecule has 3 rings (SSSR count). The third-order valence-corrected chi connectivity index (χ3v) is 3.63. The zero-order valence-corrected chi connectivity index (χ0v) is 11.4. The van der Waals surface area contributed by atoms with Gasteiger partial charge < -0.3 is 5.32 Å². The molecule has 1 amide bonds. The van der Waals surface area contributed by atoms with Crippen molar-refractivity contribution in [2.45, 2.75) is 12.5 Å². The van der Waals surface area contributed by atoms with Gasteiger partial charge in [0.1, 0.15) is 6.04 Å². The molecule has 1 unspecified atom stereocenters. The highest BCUT2D eigenvalue weighted by molar-refractivity contribution is 7.10. The first-order valence-electron chi connectivity index (χ1n) is 6.15. The lowest BCUT2D eigenvalue weighted by atomic mass is 10.2. The third-order valence-electron chi connectivity index (χ3n) is 2.75. The average molecular weight is 287 g/mol. The summed E-state index contributed by atoms with van der Waals surface area (Å²) in [4.78, 5) is 17.1. The highest BCUT2D eigenvalue weighted by Crippen LogP contribution is 2.14. The van der Waals surface area contributed by atoms with Crippen molar-refractivity contribution in [3.63, 3.8) is 0 Å². The van der Waals surface area contributed by atoms with E-state index in [0.29, 0.717) is 18.2 Å². The average Bonchev–Trinajstić information content (AvgIpc) is 3.11. The lowest BCUT2D eigenvalue weighted by Gasteiger charge is -2.11. The Morgan fingerprint density at radius 3 is 3.15 bits per heavy atom. The van der Waals surface area contributed by atoms with Crippen LogP contribution in [0.25, 0.3) is 0 Å². The van der Waals surface area contributed by atoms with Crippen molar-refractivity contribution in [1.29, 1.82) is 0 Å². The Bertz CT molecular complexity index is 644. The van der Waals surface area contributed by atoms with E-state index in [4.69, 9.17) is 0 Å². The zero-order valence-electron chi connectivity index (χ0n) is 10.5. The van der Waals surface area contributed by atoms with Crippen LogP contribution in [0.15, 0.2) is 41.9 Å². The first kappa shape index (κ1) is 12.6. The van der Waals surface area contributed by atoms with E-state index in [1.807, 2.05) is 41.9 Å². The van der Waals surface area contributed by atoms with E-state index in [1.165, 1.54) is 0 Å². The van der Waals surface area contributed by atoms with E-state index in [-0.39, 0.29) is 11.9 Å². The largest absolute Gasteiger partial charge is 0.378 e. The molecule has 2 aromatic heterocycles. The number of H-pyrrole nitrogens is 1. The number of anilines is 1. The molecule has 0 saturated carbocycles. The molecule has 2 aromatic rings. The van der Waals surface area contributed by atoms with Gasteiger partial charge in [-0.3, -0.25) is 15.2 Å². The van der Waals surface area contributed by atoms with E-state index in [2.05, 4.69) is 25.8 Å². The number of amides is 1. The normalized spacial score (nSPS) is 16.9. The van der Waals surface area contributed by atoms with Gasteiger partial charge in [-0.15, -0.1) is 16.4 Å². The fourth-order valence-corrected chi connectivity index (χ4v) is 2.53. The number of aromatic nitrogens is 3. The van der Waals surface area contributed by atoms with Crippen LogP contribution < -0.4 is 10.6 Å². The van der Waals surface area contributed by atoms with Crippen molar-refractivity contribution < 1.29 is 4.79 Å². The first-order chi connectivity index (χ1) is 9.81. The first-order valence-corrected chi connectivity index (χ1v) is 7.03. The lowest BCUT2D eigenvalue weighted by Crippen LogP contribution is -2.17. The second-order valence-corrected chi connectivity index (χ2v) is 5.27. The van der Waals surface area contributed by atoms with Gasteiger partial charge in [-0.05, 0) is 23.7 Å². The van der Waals surface area contributed by atoms with E-state index in [9.17, 15) is 4.79 Å². The number of aromatic amines is 1. The van der Waals surface area contributed by atoms with Gasteiger partial charge in [-0.1, -0.05) is 18.2 Å². The van der Waals surface area contributed by atoms with Crippen molar-refractivity contribution in [3.8, 4) is 0 Å². The molecule has 0 aliphatic carbocycles. The Balaban J connectivity index is 1.61. The fraction of sp³-hybridized carbons (Fsp3) is 0.154. The predicted octanol–water partition coefficient (Wildman–Crippen LogP) is 1.76. The van der Waals surface area contributed by atoms with Gasteiger partial charge in [0.25, 0.3) is 0 Å². The van der Waals surface area contributed by atoms with Crippen LogP contribution >= 0.6 is 11.3 Å². The molecule has 102 valence electrons. The van der Waals surface area contributed by atoms with Crippen LogP contribution in [-0.2, 0) is 11.2 Å². The molecule has 7 heteroatoms. The summed E-state index contributed by atoms with van der Waals surface area (Å²) in [6, 6.07) is 3.80. The summed E-state index contributed by atoms with van der Waals surface area (Å²) in [6.45, 7) is 0. The van der Waals surface area contributed by atoms with Crippen LogP contribution in [0.3, 0.4) is 0 Å². The maximum atomic E-state index is 11.8. The van der Waals surface area contributed by atoms with Gasteiger partial charge in [0.05, 0.1) is 6.42 Å². The number of carbonyl (C=O) groups excluding carboxylic acids is 1. The molecule has 3 N–H and O–H groups in total. The maximum Gasteiger partial charge on any atom is 0.248 e. The Morgan fingerprint density at radius 2 is 2.40 bits per heavy atom. The minimum Gasteiger partial charge on any atom is -0.378 e. The molecule has 6 nitrogen and oxygen atoms in total. The van der Waals surface area contributed by atoms with Gasteiger partial charge in [-0.2, -0.15) is 4.98 Å². The second-order valence-electron chi connectivity index (χ2n) is 4.24. The van der Waals surface area contributed by atoms with E-state index < -0.39 is 0 Å². The number of nitrogens with one attached hydrogen (secondary N) is 3. The van der Waals surface area contributed by atoms with E-state index in [1.54, 1.807) is 11.3 Å². The van der Waals surface area contributed by atoms with Crippen LogP contribution in [0.2, 0.25) is 0 Å². The molecular weight excluding hydrogens is 274 g/mol. The number of thiophene rings is 1. The van der Waals surface area contributed by atoms with Crippen LogP contribution in [0.4, 0.5) is 5.95 Å². The summed E-state index contributed by atoms with van der Waals surface area (Å²) in [6.07, 6.45) is 7.96. The molecule has 0 bridgehead atoms. The van der Waals surface area contributed by atoms with Gasteiger partial charge in [0.15, 0.2) is 5.82 Å². The Morgan fingerprint density at radius 1 is 1.45 bits per heavy atom. The summed E-state index contributed by atoms with van der Waals surface area (Å²) in [5, 5.41) is 14.6. The number of rotatable bonds is 4. The standard InChI is InChI=1S/C13H13N5OS/c19-11(8-9-4-3-7-20-9)15-13-16-12(17-18-13)10-5-1-2-6-14-10/h1-7,10,14H,8H2,(H2,15,16,17,18,19). The Hall–Kier alpha value is -2.41. The molecule has 20 heavy (non-hydrogen) atoms. The lowest BCUT2D eigenvalue weighted by molar-refractivity contribution is -0.115. The summed E-state index contributed by atoms with van der Waals surface area (Å²) >= 11 is 1.55. The number of hydrogen-bond acceptors (Lipinski definition) is 5. The minimum atomic E-state index is -0.120. The van der Waals surface area contributed by atoms with Crippen LogP contribution in [0, 0.1) is 0 Å². The highest BCUT2D eigenvalue weighted by Gasteiger charge is 2.14.